The summed E-state index contributed by atoms with van der Waals surface area (Å²) in [6.45, 7) is 3.69. The molecule has 0 bridgehead atoms. The van der Waals surface area contributed by atoms with E-state index in [2.05, 4.69) is 4.98 Å². The van der Waals surface area contributed by atoms with Gasteiger partial charge >= 0.3 is 5.97 Å². The lowest BCUT2D eigenvalue weighted by Gasteiger charge is -2.08. The summed E-state index contributed by atoms with van der Waals surface area (Å²) in [4.78, 5) is 15.0. The molecule has 1 N–H and O–H groups in total. The molecule has 0 fully saturated rings. The lowest BCUT2D eigenvalue weighted by atomic mass is 10.1. The summed E-state index contributed by atoms with van der Waals surface area (Å²) in [5.74, 6) is -0.595. The van der Waals surface area contributed by atoms with Crippen LogP contribution in [0.15, 0.2) is 6.07 Å². The molecular weight excluding hydrogens is 182 g/mol. The summed E-state index contributed by atoms with van der Waals surface area (Å²) in [5, 5.41) is 8.92. The summed E-state index contributed by atoms with van der Waals surface area (Å²) in [6.07, 6.45) is 0.698. The highest BCUT2D eigenvalue weighted by atomic mass is 16.5. The van der Waals surface area contributed by atoms with Gasteiger partial charge in [0, 0.05) is 11.8 Å². The monoisotopic (exact) mass is 195 g/mol. The van der Waals surface area contributed by atoms with Crippen LogP contribution in [0.4, 0.5) is 0 Å². The highest BCUT2D eigenvalue weighted by Crippen LogP contribution is 2.18. The molecule has 1 aromatic heterocycles. The molecule has 76 valence electrons. The van der Waals surface area contributed by atoms with Crippen molar-refractivity contribution in [3.8, 4) is 5.88 Å². The van der Waals surface area contributed by atoms with Crippen LogP contribution in [-0.4, -0.2) is 23.2 Å². The van der Waals surface area contributed by atoms with E-state index in [0.717, 1.165) is 5.69 Å². The van der Waals surface area contributed by atoms with Crippen molar-refractivity contribution in [2.75, 3.05) is 7.11 Å². The zero-order valence-electron chi connectivity index (χ0n) is 8.50. The first-order valence-electron chi connectivity index (χ1n) is 4.38. The molecule has 4 nitrogen and oxygen atoms in total. The lowest BCUT2D eigenvalue weighted by molar-refractivity contribution is 0.0695. The molecule has 0 saturated carbocycles. The third kappa shape index (κ3) is 1.84. The van der Waals surface area contributed by atoms with Gasteiger partial charge in [0.1, 0.15) is 0 Å². The number of carbonyl (C=O) groups is 1. The molecule has 0 amide bonds. The largest absolute Gasteiger partial charge is 0.481 e. The van der Waals surface area contributed by atoms with Gasteiger partial charge in [-0.2, -0.15) is 0 Å². The zero-order valence-corrected chi connectivity index (χ0v) is 8.50. The van der Waals surface area contributed by atoms with Gasteiger partial charge < -0.3 is 9.84 Å². The topological polar surface area (TPSA) is 59.4 Å². The number of carboxylic acid groups (broad SMARTS) is 1. The Balaban J connectivity index is 3.34. The van der Waals surface area contributed by atoms with Crippen molar-refractivity contribution in [2.45, 2.75) is 20.3 Å². The number of aryl methyl sites for hydroxylation is 1. The van der Waals surface area contributed by atoms with E-state index in [1.54, 1.807) is 6.92 Å². The molecular formula is C10H13NO3. The van der Waals surface area contributed by atoms with Crippen LogP contribution >= 0.6 is 0 Å². The van der Waals surface area contributed by atoms with E-state index in [1.807, 2.05) is 6.92 Å². The van der Waals surface area contributed by atoms with Crippen molar-refractivity contribution in [3.63, 3.8) is 0 Å². The second-order valence-corrected chi connectivity index (χ2v) is 2.94. The summed E-state index contributed by atoms with van der Waals surface area (Å²) < 4.78 is 4.93. The number of rotatable bonds is 3. The Bertz CT molecular complexity index is 361. The van der Waals surface area contributed by atoms with Crippen LogP contribution in [0.25, 0.3) is 0 Å². The minimum atomic E-state index is -0.946. The van der Waals surface area contributed by atoms with Crippen molar-refractivity contribution in [3.05, 3.63) is 22.9 Å². The van der Waals surface area contributed by atoms with Crippen molar-refractivity contribution < 1.29 is 14.6 Å². The summed E-state index contributed by atoms with van der Waals surface area (Å²) >= 11 is 0. The lowest BCUT2D eigenvalue weighted by Crippen LogP contribution is -2.06. The number of aromatic carboxylic acids is 1. The van der Waals surface area contributed by atoms with Crippen molar-refractivity contribution in [1.82, 2.24) is 4.98 Å². The van der Waals surface area contributed by atoms with Crippen LogP contribution in [0, 0.1) is 6.92 Å². The van der Waals surface area contributed by atoms with Gasteiger partial charge in [-0.05, 0) is 18.9 Å². The number of carboxylic acids is 1. The Labute approximate surface area is 82.5 Å². The maximum absolute atomic E-state index is 10.9. The average Bonchev–Trinajstić information content (AvgIpc) is 2.17. The first-order valence-corrected chi connectivity index (χ1v) is 4.38. The second kappa shape index (κ2) is 4.09. The molecule has 0 saturated heterocycles. The molecule has 0 aliphatic rings. The van der Waals surface area contributed by atoms with Gasteiger partial charge in [0.2, 0.25) is 5.88 Å². The minimum absolute atomic E-state index is 0.258. The van der Waals surface area contributed by atoms with Crippen molar-refractivity contribution in [1.29, 1.82) is 0 Å². The number of hydrogen-bond donors (Lipinski definition) is 1. The van der Waals surface area contributed by atoms with Crippen LogP contribution in [0.2, 0.25) is 0 Å². The van der Waals surface area contributed by atoms with Crippen LogP contribution in [-0.2, 0) is 6.42 Å². The molecule has 0 aromatic carbocycles. The molecule has 14 heavy (non-hydrogen) atoms. The predicted molar refractivity (Wildman–Crippen MR) is 51.9 cm³/mol. The van der Waals surface area contributed by atoms with Gasteiger partial charge in [0.15, 0.2) is 0 Å². The van der Waals surface area contributed by atoms with Gasteiger partial charge in [-0.3, -0.25) is 0 Å². The normalized spacial score (nSPS) is 9.93. The first-order chi connectivity index (χ1) is 6.60. The number of hydrogen-bond acceptors (Lipinski definition) is 3. The minimum Gasteiger partial charge on any atom is -0.481 e. The van der Waals surface area contributed by atoms with Gasteiger partial charge in [-0.15, -0.1) is 0 Å². The maximum Gasteiger partial charge on any atom is 0.336 e. The SMILES string of the molecule is CCc1nc(OC)cc(C(=O)O)c1C. The Morgan fingerprint density at radius 2 is 2.29 bits per heavy atom. The van der Waals surface area contributed by atoms with Gasteiger partial charge in [0.05, 0.1) is 12.7 Å². The number of nitrogens with zero attached hydrogens (tertiary/aromatic N) is 1. The third-order valence-corrected chi connectivity index (χ3v) is 2.12. The van der Waals surface area contributed by atoms with E-state index < -0.39 is 5.97 Å². The summed E-state index contributed by atoms with van der Waals surface area (Å²) in [6, 6.07) is 1.44. The van der Waals surface area contributed by atoms with Crippen molar-refractivity contribution >= 4 is 5.97 Å². The van der Waals surface area contributed by atoms with Gasteiger partial charge in [0.25, 0.3) is 0 Å². The fraction of sp³-hybridized carbons (Fsp3) is 0.400. The van der Waals surface area contributed by atoms with Gasteiger partial charge in [-0.1, -0.05) is 6.92 Å². The quantitative estimate of drug-likeness (QED) is 0.796. The summed E-state index contributed by atoms with van der Waals surface area (Å²) in [7, 11) is 1.47. The van der Waals surface area contributed by atoms with Crippen molar-refractivity contribution in [2.24, 2.45) is 0 Å². The van der Waals surface area contributed by atoms with E-state index in [9.17, 15) is 4.79 Å². The highest BCUT2D eigenvalue weighted by molar-refractivity contribution is 5.89. The van der Waals surface area contributed by atoms with E-state index >= 15 is 0 Å². The molecule has 1 aromatic rings. The zero-order chi connectivity index (χ0) is 10.7. The highest BCUT2D eigenvalue weighted by Gasteiger charge is 2.13. The molecule has 1 rings (SSSR count). The Morgan fingerprint density at radius 1 is 1.64 bits per heavy atom. The van der Waals surface area contributed by atoms with E-state index in [-0.39, 0.29) is 5.56 Å². The molecule has 0 aliphatic carbocycles. The molecule has 0 radical (unpaired) electrons. The first kappa shape index (κ1) is 10.5. The molecule has 4 heteroatoms. The molecule has 1 heterocycles. The Kier molecular flexibility index (Phi) is 3.06. The summed E-state index contributed by atoms with van der Waals surface area (Å²) in [5.41, 5.74) is 1.73. The molecule has 0 aliphatic heterocycles. The molecule has 0 spiro atoms. The molecule has 0 atom stereocenters. The van der Waals surface area contributed by atoms with E-state index in [0.29, 0.717) is 17.9 Å². The van der Waals surface area contributed by atoms with E-state index in [4.69, 9.17) is 9.84 Å². The smallest absolute Gasteiger partial charge is 0.336 e. The number of aromatic nitrogens is 1. The fourth-order valence-corrected chi connectivity index (χ4v) is 1.31. The fourth-order valence-electron chi connectivity index (χ4n) is 1.31. The van der Waals surface area contributed by atoms with Crippen LogP contribution in [0.3, 0.4) is 0 Å². The van der Waals surface area contributed by atoms with Crippen LogP contribution in [0.1, 0.15) is 28.5 Å². The second-order valence-electron chi connectivity index (χ2n) is 2.94. The number of methoxy groups -OCH3 is 1. The maximum atomic E-state index is 10.9. The number of ether oxygens (including phenoxy) is 1. The van der Waals surface area contributed by atoms with Crippen LogP contribution < -0.4 is 4.74 Å². The Morgan fingerprint density at radius 3 is 2.71 bits per heavy atom. The van der Waals surface area contributed by atoms with E-state index in [1.165, 1.54) is 13.2 Å². The van der Waals surface area contributed by atoms with Gasteiger partial charge in [-0.25, -0.2) is 9.78 Å². The standard InChI is InChI=1S/C10H13NO3/c1-4-8-6(2)7(10(12)13)5-9(11-8)14-3/h5H,4H2,1-3H3,(H,12,13). The third-order valence-electron chi connectivity index (χ3n) is 2.12. The number of pyridine rings is 1. The predicted octanol–water partition coefficient (Wildman–Crippen LogP) is 1.66. The van der Waals surface area contributed by atoms with Crippen LogP contribution in [0.5, 0.6) is 5.88 Å². The Hall–Kier alpha value is -1.58. The average molecular weight is 195 g/mol. The molecule has 0 unspecified atom stereocenters.